The van der Waals surface area contributed by atoms with Gasteiger partial charge in [-0.05, 0) is 37.3 Å². The first-order valence-electron chi connectivity index (χ1n) is 9.04. The molecule has 0 spiro atoms. The second-order valence-corrected chi connectivity index (χ2v) is 7.27. The minimum atomic E-state index is 0.234. The zero-order chi connectivity index (χ0) is 16.5. The lowest BCUT2D eigenvalue weighted by Gasteiger charge is -2.33. The maximum Gasteiger partial charge on any atom is 0.223 e. The summed E-state index contributed by atoms with van der Waals surface area (Å²) in [4.78, 5) is 18.7. The van der Waals surface area contributed by atoms with E-state index in [-0.39, 0.29) is 5.91 Å². The molecular weight excluding hydrogens is 302 g/mol. The monoisotopic (exact) mass is 327 g/mol. The van der Waals surface area contributed by atoms with Crippen LogP contribution in [0, 0.1) is 5.92 Å². The van der Waals surface area contributed by atoms with Crippen molar-refractivity contribution in [3.63, 3.8) is 0 Å². The van der Waals surface area contributed by atoms with Crippen LogP contribution in [0.4, 0.5) is 0 Å². The van der Waals surface area contributed by atoms with Crippen LogP contribution in [0.3, 0.4) is 0 Å². The van der Waals surface area contributed by atoms with E-state index in [4.69, 9.17) is 4.42 Å². The number of nitrogens with zero attached hydrogens (tertiary/aromatic N) is 3. The smallest absolute Gasteiger partial charge is 0.223 e. The van der Waals surface area contributed by atoms with Crippen molar-refractivity contribution in [3.05, 3.63) is 42.4 Å². The summed E-state index contributed by atoms with van der Waals surface area (Å²) in [7, 11) is 0. The van der Waals surface area contributed by atoms with Crippen molar-refractivity contribution in [2.24, 2.45) is 5.92 Å². The molecular formula is C19H25N3O2. The lowest BCUT2D eigenvalue weighted by atomic mass is 10.0. The lowest BCUT2D eigenvalue weighted by Crippen LogP contribution is -2.40. The maximum absolute atomic E-state index is 12.6. The summed E-state index contributed by atoms with van der Waals surface area (Å²) in [6.45, 7) is 3.91. The van der Waals surface area contributed by atoms with Crippen LogP contribution in [0.1, 0.15) is 56.1 Å². The van der Waals surface area contributed by atoms with Crippen LogP contribution in [-0.4, -0.2) is 33.4 Å². The summed E-state index contributed by atoms with van der Waals surface area (Å²) in [5.41, 5.74) is 0. The van der Waals surface area contributed by atoms with E-state index in [9.17, 15) is 4.79 Å². The van der Waals surface area contributed by atoms with Crippen LogP contribution < -0.4 is 0 Å². The molecule has 1 aliphatic carbocycles. The fourth-order valence-electron chi connectivity index (χ4n) is 3.74. The van der Waals surface area contributed by atoms with Gasteiger partial charge in [-0.1, -0.05) is 6.92 Å². The van der Waals surface area contributed by atoms with Gasteiger partial charge in [0.05, 0.1) is 12.4 Å². The van der Waals surface area contributed by atoms with E-state index in [1.807, 2.05) is 23.5 Å². The average molecular weight is 327 g/mol. The maximum atomic E-state index is 12.6. The first-order chi connectivity index (χ1) is 11.7. The molecule has 2 aliphatic rings. The number of hydrogen-bond donors (Lipinski definition) is 0. The zero-order valence-corrected chi connectivity index (χ0v) is 14.2. The fraction of sp³-hybridized carbons (Fsp3) is 0.579. The molecule has 5 heteroatoms. The Balaban J connectivity index is 1.30. The minimum Gasteiger partial charge on any atom is -0.466 e. The molecule has 24 heavy (non-hydrogen) atoms. The average Bonchev–Trinajstić information content (AvgIpc) is 3.04. The number of aryl methyl sites for hydroxylation is 1. The Morgan fingerprint density at radius 1 is 1.42 bits per heavy atom. The highest BCUT2D eigenvalue weighted by Crippen LogP contribution is 2.47. The van der Waals surface area contributed by atoms with Crippen molar-refractivity contribution in [2.45, 2.75) is 51.0 Å². The van der Waals surface area contributed by atoms with Gasteiger partial charge in [0, 0.05) is 44.2 Å². The van der Waals surface area contributed by atoms with Gasteiger partial charge in [0.2, 0.25) is 5.91 Å². The number of carbonyl (C=O) groups is 1. The van der Waals surface area contributed by atoms with Gasteiger partial charge in [-0.25, -0.2) is 4.98 Å². The van der Waals surface area contributed by atoms with Crippen LogP contribution in [0.5, 0.6) is 0 Å². The number of piperidine rings is 1. The second kappa shape index (κ2) is 6.46. The first-order valence-corrected chi connectivity index (χ1v) is 9.04. The SMILES string of the molecule is C[C@@H]1C[C@H]1c1ccc(CCC(=O)N2CCC[C@H](n3ccnc3)C2)o1. The second-order valence-electron chi connectivity index (χ2n) is 7.27. The number of carbonyl (C=O) groups excluding carboxylic acids is 1. The van der Waals surface area contributed by atoms with Crippen molar-refractivity contribution in [3.8, 4) is 0 Å². The third-order valence-electron chi connectivity index (χ3n) is 5.44. The minimum absolute atomic E-state index is 0.234. The van der Waals surface area contributed by atoms with Gasteiger partial charge in [-0.3, -0.25) is 4.79 Å². The topological polar surface area (TPSA) is 51.3 Å². The molecule has 1 saturated carbocycles. The fourth-order valence-corrected chi connectivity index (χ4v) is 3.74. The van der Waals surface area contributed by atoms with Gasteiger partial charge in [0.25, 0.3) is 0 Å². The largest absolute Gasteiger partial charge is 0.466 e. The third kappa shape index (κ3) is 3.25. The molecule has 1 saturated heterocycles. The summed E-state index contributed by atoms with van der Waals surface area (Å²) in [6.07, 6.45) is 10.3. The number of imidazole rings is 1. The van der Waals surface area contributed by atoms with Crippen molar-refractivity contribution in [1.29, 1.82) is 0 Å². The van der Waals surface area contributed by atoms with Crippen molar-refractivity contribution >= 4 is 5.91 Å². The van der Waals surface area contributed by atoms with Crippen LogP contribution >= 0.6 is 0 Å². The predicted molar refractivity (Wildman–Crippen MR) is 90.6 cm³/mol. The van der Waals surface area contributed by atoms with Crippen molar-refractivity contribution in [1.82, 2.24) is 14.5 Å². The van der Waals surface area contributed by atoms with Gasteiger partial charge in [-0.15, -0.1) is 0 Å². The van der Waals surface area contributed by atoms with Gasteiger partial charge in [0.1, 0.15) is 11.5 Å². The molecule has 4 rings (SSSR count). The zero-order valence-electron chi connectivity index (χ0n) is 14.2. The van der Waals surface area contributed by atoms with Gasteiger partial charge in [0.15, 0.2) is 0 Å². The molecule has 0 radical (unpaired) electrons. The highest BCUT2D eigenvalue weighted by molar-refractivity contribution is 5.76. The Hall–Kier alpha value is -2.04. The molecule has 2 aromatic rings. The summed E-state index contributed by atoms with van der Waals surface area (Å²) in [6, 6.07) is 4.49. The molecule has 3 atom stereocenters. The van der Waals surface area contributed by atoms with E-state index in [0.29, 0.717) is 24.8 Å². The summed E-state index contributed by atoms with van der Waals surface area (Å²) in [5, 5.41) is 0. The molecule has 0 N–H and O–H groups in total. The van der Waals surface area contributed by atoms with Gasteiger partial charge < -0.3 is 13.9 Å². The van der Waals surface area contributed by atoms with E-state index in [1.54, 1.807) is 6.20 Å². The molecule has 3 heterocycles. The summed E-state index contributed by atoms with van der Waals surface area (Å²) >= 11 is 0. The molecule has 0 aromatic carbocycles. The molecule has 1 amide bonds. The van der Waals surface area contributed by atoms with Crippen LogP contribution in [0.2, 0.25) is 0 Å². The van der Waals surface area contributed by atoms with E-state index < -0.39 is 0 Å². The van der Waals surface area contributed by atoms with Crippen LogP contribution in [0.15, 0.2) is 35.3 Å². The van der Waals surface area contributed by atoms with Crippen molar-refractivity contribution < 1.29 is 9.21 Å². The van der Waals surface area contributed by atoms with E-state index >= 15 is 0 Å². The Morgan fingerprint density at radius 2 is 2.29 bits per heavy atom. The molecule has 2 fully saturated rings. The molecule has 2 aromatic heterocycles. The third-order valence-corrected chi connectivity index (χ3v) is 5.44. The van der Waals surface area contributed by atoms with E-state index in [1.165, 1.54) is 6.42 Å². The van der Waals surface area contributed by atoms with Gasteiger partial charge in [-0.2, -0.15) is 0 Å². The lowest BCUT2D eigenvalue weighted by molar-refractivity contribution is -0.132. The standard InChI is InChI=1S/C19H25N3O2/c1-14-11-17(14)18-6-4-16(24-18)5-7-19(23)21-9-2-3-15(12-21)22-10-8-20-13-22/h4,6,8,10,13-15,17H,2-3,5,7,9,11-12H2,1H3/t14-,15+,17-/m1/s1. The number of furan rings is 1. The summed E-state index contributed by atoms with van der Waals surface area (Å²) < 4.78 is 8.03. The number of hydrogen-bond acceptors (Lipinski definition) is 3. The first kappa shape index (κ1) is 15.5. The molecule has 0 unspecified atom stereocenters. The number of likely N-dealkylation sites (tertiary alicyclic amines) is 1. The molecule has 1 aliphatic heterocycles. The van der Waals surface area contributed by atoms with Crippen LogP contribution in [0.25, 0.3) is 0 Å². The number of amides is 1. The molecule has 5 nitrogen and oxygen atoms in total. The molecule has 0 bridgehead atoms. The van der Waals surface area contributed by atoms with Crippen molar-refractivity contribution in [2.75, 3.05) is 13.1 Å². The van der Waals surface area contributed by atoms with E-state index in [2.05, 4.69) is 22.5 Å². The highest BCUT2D eigenvalue weighted by Gasteiger charge is 2.36. The normalized spacial score (nSPS) is 26.5. The van der Waals surface area contributed by atoms with Gasteiger partial charge >= 0.3 is 0 Å². The Bertz CT molecular complexity index is 691. The van der Waals surface area contributed by atoms with E-state index in [0.717, 1.165) is 43.4 Å². The number of rotatable bonds is 5. The van der Waals surface area contributed by atoms with Crippen LogP contribution in [-0.2, 0) is 11.2 Å². The number of aromatic nitrogens is 2. The Labute approximate surface area is 142 Å². The predicted octanol–water partition coefficient (Wildman–Crippen LogP) is 3.40. The quantitative estimate of drug-likeness (QED) is 0.846. The highest BCUT2D eigenvalue weighted by atomic mass is 16.3. The molecule has 128 valence electrons. The Morgan fingerprint density at radius 3 is 3.04 bits per heavy atom. The Kier molecular flexibility index (Phi) is 4.17. The summed E-state index contributed by atoms with van der Waals surface area (Å²) in [5.74, 6) is 3.63.